The molecule has 0 spiro atoms. The molecule has 1 fully saturated rings. The van der Waals surface area contributed by atoms with Gasteiger partial charge in [-0.15, -0.1) is 0 Å². The van der Waals surface area contributed by atoms with Gasteiger partial charge in [-0.05, 0) is 26.7 Å². The van der Waals surface area contributed by atoms with Crippen LogP contribution < -0.4 is 10.3 Å². The zero-order valence-corrected chi connectivity index (χ0v) is 10.7. The van der Waals surface area contributed by atoms with Gasteiger partial charge in [-0.2, -0.15) is 4.98 Å². The van der Waals surface area contributed by atoms with E-state index in [1.807, 2.05) is 6.20 Å². The largest absolute Gasteiger partial charge is 0.480 e. The van der Waals surface area contributed by atoms with Crippen molar-refractivity contribution in [2.75, 3.05) is 7.11 Å². The number of aromatic nitrogens is 3. The minimum absolute atomic E-state index is 0.0114. The van der Waals surface area contributed by atoms with Gasteiger partial charge >= 0.3 is 0 Å². The van der Waals surface area contributed by atoms with Gasteiger partial charge < -0.3 is 9.30 Å². The number of aryl methyl sites for hydroxylation is 1. The molecule has 94 valence electrons. The summed E-state index contributed by atoms with van der Waals surface area (Å²) in [5, 5.41) is 0.788. The van der Waals surface area contributed by atoms with Crippen LogP contribution in [0.1, 0.15) is 25.6 Å². The number of methoxy groups -OCH3 is 1. The molecule has 1 saturated carbocycles. The molecule has 0 unspecified atom stereocenters. The number of fused-ring (bicyclic) bond motifs is 1. The van der Waals surface area contributed by atoms with E-state index >= 15 is 0 Å². The lowest BCUT2D eigenvalue weighted by atomic mass is 10.2. The maximum atomic E-state index is 12.1. The van der Waals surface area contributed by atoms with Crippen molar-refractivity contribution in [3.05, 3.63) is 28.4 Å². The van der Waals surface area contributed by atoms with Crippen molar-refractivity contribution in [3.8, 4) is 5.88 Å². The molecule has 2 aromatic rings. The number of ether oxygens (including phenoxy) is 1. The minimum atomic E-state index is -0.0405. The lowest BCUT2D eigenvalue weighted by Gasteiger charge is -2.14. The number of nitrogens with zero attached hydrogens (tertiary/aromatic N) is 3. The van der Waals surface area contributed by atoms with Gasteiger partial charge in [0.2, 0.25) is 5.88 Å². The number of hydrogen-bond acceptors (Lipinski definition) is 4. The molecule has 0 atom stereocenters. The van der Waals surface area contributed by atoms with E-state index in [-0.39, 0.29) is 11.1 Å². The van der Waals surface area contributed by atoms with Crippen LogP contribution in [0, 0.1) is 6.92 Å². The third kappa shape index (κ3) is 1.58. The lowest BCUT2D eigenvalue weighted by Crippen LogP contribution is -2.27. The summed E-state index contributed by atoms with van der Waals surface area (Å²) in [6.45, 7) is 3.87. The van der Waals surface area contributed by atoms with Crippen LogP contribution in [0.15, 0.2) is 17.1 Å². The Kier molecular flexibility index (Phi) is 2.20. The molecule has 5 nitrogen and oxygen atoms in total. The van der Waals surface area contributed by atoms with E-state index < -0.39 is 0 Å². The normalized spacial score (nSPS) is 16.8. The smallest absolute Gasteiger partial charge is 0.253 e. The molecule has 18 heavy (non-hydrogen) atoms. The first-order valence-electron chi connectivity index (χ1n) is 5.99. The maximum Gasteiger partial charge on any atom is 0.253 e. The van der Waals surface area contributed by atoms with Gasteiger partial charge in [0.25, 0.3) is 5.56 Å². The monoisotopic (exact) mass is 245 g/mol. The van der Waals surface area contributed by atoms with Crippen molar-refractivity contribution >= 4 is 10.9 Å². The molecule has 1 aliphatic rings. The Hall–Kier alpha value is -1.91. The first kappa shape index (κ1) is 11.2. The molecule has 2 heterocycles. The van der Waals surface area contributed by atoms with Gasteiger partial charge in [0.1, 0.15) is 5.82 Å². The second kappa shape index (κ2) is 3.54. The molecule has 0 bridgehead atoms. The predicted octanol–water partition coefficient (Wildman–Crippen LogP) is 1.62. The van der Waals surface area contributed by atoms with Crippen LogP contribution in [0.5, 0.6) is 5.88 Å². The van der Waals surface area contributed by atoms with Gasteiger partial charge in [-0.25, -0.2) is 4.98 Å². The molecule has 1 aliphatic carbocycles. The van der Waals surface area contributed by atoms with Crippen molar-refractivity contribution in [1.82, 2.24) is 14.5 Å². The Bertz CT molecular complexity index is 686. The summed E-state index contributed by atoms with van der Waals surface area (Å²) >= 11 is 0. The summed E-state index contributed by atoms with van der Waals surface area (Å²) in [6, 6.07) is 1.57. The third-order valence-corrected chi connectivity index (χ3v) is 3.56. The van der Waals surface area contributed by atoms with Crippen LogP contribution in [0.3, 0.4) is 0 Å². The molecule has 5 heteroatoms. The molecular weight excluding hydrogens is 230 g/mol. The van der Waals surface area contributed by atoms with Crippen molar-refractivity contribution in [2.45, 2.75) is 32.2 Å². The quantitative estimate of drug-likeness (QED) is 0.806. The van der Waals surface area contributed by atoms with Crippen molar-refractivity contribution in [3.63, 3.8) is 0 Å². The van der Waals surface area contributed by atoms with Gasteiger partial charge in [0.05, 0.1) is 18.0 Å². The minimum Gasteiger partial charge on any atom is -0.480 e. The predicted molar refractivity (Wildman–Crippen MR) is 68.0 cm³/mol. The van der Waals surface area contributed by atoms with Gasteiger partial charge in [-0.3, -0.25) is 4.79 Å². The average Bonchev–Trinajstić information content (AvgIpc) is 3.06. The van der Waals surface area contributed by atoms with Crippen LogP contribution >= 0.6 is 0 Å². The highest BCUT2D eigenvalue weighted by Gasteiger charge is 2.40. The fraction of sp³-hybridized carbons (Fsp3) is 0.462. The zero-order valence-electron chi connectivity index (χ0n) is 10.7. The standard InChI is InChI=1S/C13H15N3O2/c1-8-14-10-6-11(17)16(13(2)4-5-13)7-9(10)12(15-8)18-3/h6-7H,4-5H2,1-3H3. The highest BCUT2D eigenvalue weighted by Crippen LogP contribution is 2.42. The van der Waals surface area contributed by atoms with E-state index in [1.165, 1.54) is 0 Å². The van der Waals surface area contributed by atoms with E-state index in [4.69, 9.17) is 4.74 Å². The van der Waals surface area contributed by atoms with Crippen molar-refractivity contribution in [2.24, 2.45) is 0 Å². The highest BCUT2D eigenvalue weighted by molar-refractivity contribution is 5.82. The fourth-order valence-electron chi connectivity index (χ4n) is 2.19. The van der Waals surface area contributed by atoms with Crippen LogP contribution in [0.4, 0.5) is 0 Å². The van der Waals surface area contributed by atoms with E-state index in [0.717, 1.165) is 18.2 Å². The van der Waals surface area contributed by atoms with Gasteiger partial charge in [-0.1, -0.05) is 0 Å². The molecule has 0 saturated heterocycles. The summed E-state index contributed by atoms with van der Waals surface area (Å²) in [5.74, 6) is 1.13. The molecule has 0 aromatic carbocycles. The molecule has 3 rings (SSSR count). The Morgan fingerprint density at radius 1 is 1.39 bits per heavy atom. The summed E-state index contributed by atoms with van der Waals surface area (Å²) in [7, 11) is 1.58. The van der Waals surface area contributed by atoms with E-state index in [1.54, 1.807) is 24.7 Å². The summed E-state index contributed by atoms with van der Waals surface area (Å²) in [5.41, 5.74) is 0.591. The van der Waals surface area contributed by atoms with Crippen LogP contribution in [-0.2, 0) is 5.54 Å². The average molecular weight is 245 g/mol. The molecule has 0 amide bonds. The summed E-state index contributed by atoms with van der Waals surface area (Å²) in [6.07, 6.45) is 3.89. The van der Waals surface area contributed by atoms with Crippen LogP contribution in [0.25, 0.3) is 10.9 Å². The Morgan fingerprint density at radius 3 is 2.72 bits per heavy atom. The van der Waals surface area contributed by atoms with Crippen molar-refractivity contribution in [1.29, 1.82) is 0 Å². The van der Waals surface area contributed by atoms with E-state index in [0.29, 0.717) is 17.2 Å². The fourth-order valence-corrected chi connectivity index (χ4v) is 2.19. The first-order chi connectivity index (χ1) is 8.53. The summed E-state index contributed by atoms with van der Waals surface area (Å²) in [4.78, 5) is 20.6. The molecule has 0 aliphatic heterocycles. The second-order valence-corrected chi connectivity index (χ2v) is 5.06. The molecular formula is C13H15N3O2. The molecule has 0 N–H and O–H groups in total. The Labute approximate surface area is 104 Å². The van der Waals surface area contributed by atoms with Gasteiger partial charge in [0.15, 0.2) is 0 Å². The van der Waals surface area contributed by atoms with E-state index in [2.05, 4.69) is 16.9 Å². The van der Waals surface area contributed by atoms with Crippen LogP contribution in [-0.4, -0.2) is 21.6 Å². The lowest BCUT2D eigenvalue weighted by molar-refractivity contribution is 0.400. The zero-order chi connectivity index (χ0) is 12.9. The molecule has 2 aromatic heterocycles. The maximum absolute atomic E-state index is 12.1. The van der Waals surface area contributed by atoms with Crippen LogP contribution in [0.2, 0.25) is 0 Å². The topological polar surface area (TPSA) is 57.0 Å². The second-order valence-electron chi connectivity index (χ2n) is 5.06. The van der Waals surface area contributed by atoms with Crippen molar-refractivity contribution < 1.29 is 4.74 Å². The first-order valence-corrected chi connectivity index (χ1v) is 5.99. The van der Waals surface area contributed by atoms with E-state index in [9.17, 15) is 4.79 Å². The summed E-state index contributed by atoms with van der Waals surface area (Å²) < 4.78 is 7.04. The number of pyridine rings is 1. The molecule has 0 radical (unpaired) electrons. The highest BCUT2D eigenvalue weighted by atomic mass is 16.5. The van der Waals surface area contributed by atoms with Gasteiger partial charge in [0, 0.05) is 17.8 Å². The third-order valence-electron chi connectivity index (χ3n) is 3.56. The number of rotatable bonds is 2. The SMILES string of the molecule is COc1nc(C)nc2cc(=O)n(C3(C)CC3)cc12. The Morgan fingerprint density at radius 2 is 2.11 bits per heavy atom. The Balaban J connectivity index is 2.34. The number of hydrogen-bond donors (Lipinski definition) is 0.